The molecule has 1 aliphatic carbocycles. The molecule has 0 spiro atoms. The third-order valence-electron chi connectivity index (χ3n) is 4.45. The van der Waals surface area contributed by atoms with Gasteiger partial charge in [-0.05, 0) is 43.4 Å². The first-order valence-electron chi connectivity index (χ1n) is 8.79. The lowest BCUT2D eigenvalue weighted by Crippen LogP contribution is -2.33. The third kappa shape index (κ3) is 4.82. The standard InChI is InChI=1S/C19H31NO/c1-3-5-6-9-15-21-18-14-10-12-16-11-7-8-13-17(16)19(18)20-4-2/h7-8,11,13,18-20H,3-6,9-10,12,14-15H2,1-2H3. The minimum Gasteiger partial charge on any atom is -0.376 e. The molecule has 0 bridgehead atoms. The van der Waals surface area contributed by atoms with Crippen molar-refractivity contribution in [3.05, 3.63) is 35.4 Å². The van der Waals surface area contributed by atoms with Gasteiger partial charge in [-0.3, -0.25) is 0 Å². The van der Waals surface area contributed by atoms with Gasteiger partial charge in [0.15, 0.2) is 0 Å². The van der Waals surface area contributed by atoms with Gasteiger partial charge in [-0.15, -0.1) is 0 Å². The van der Waals surface area contributed by atoms with E-state index in [1.54, 1.807) is 0 Å². The summed E-state index contributed by atoms with van der Waals surface area (Å²) in [6, 6.07) is 9.24. The van der Waals surface area contributed by atoms with E-state index < -0.39 is 0 Å². The van der Waals surface area contributed by atoms with Crippen LogP contribution in [0.15, 0.2) is 24.3 Å². The van der Waals surface area contributed by atoms with Crippen molar-refractivity contribution in [2.75, 3.05) is 13.2 Å². The number of hydrogen-bond donors (Lipinski definition) is 1. The van der Waals surface area contributed by atoms with Crippen molar-refractivity contribution in [2.24, 2.45) is 0 Å². The average molecular weight is 289 g/mol. The van der Waals surface area contributed by atoms with Crippen LogP contribution in [0, 0.1) is 0 Å². The van der Waals surface area contributed by atoms with Crippen LogP contribution in [0.5, 0.6) is 0 Å². The Balaban J connectivity index is 1.98. The molecule has 0 saturated carbocycles. The van der Waals surface area contributed by atoms with Crippen molar-refractivity contribution in [2.45, 2.75) is 70.9 Å². The van der Waals surface area contributed by atoms with Crippen LogP contribution >= 0.6 is 0 Å². The molecule has 1 aromatic rings. The minimum atomic E-state index is 0.329. The summed E-state index contributed by atoms with van der Waals surface area (Å²) in [6.07, 6.45) is 9.03. The van der Waals surface area contributed by atoms with E-state index in [2.05, 4.69) is 43.4 Å². The van der Waals surface area contributed by atoms with Gasteiger partial charge >= 0.3 is 0 Å². The summed E-state index contributed by atoms with van der Waals surface area (Å²) in [5.74, 6) is 0. The van der Waals surface area contributed by atoms with Gasteiger partial charge < -0.3 is 10.1 Å². The number of hydrogen-bond acceptors (Lipinski definition) is 2. The maximum absolute atomic E-state index is 6.27. The maximum Gasteiger partial charge on any atom is 0.0769 e. The summed E-state index contributed by atoms with van der Waals surface area (Å²) in [7, 11) is 0. The molecule has 0 fully saturated rings. The molecule has 0 heterocycles. The number of rotatable bonds is 8. The summed E-state index contributed by atoms with van der Waals surface area (Å²) in [5, 5.41) is 3.66. The highest BCUT2D eigenvalue weighted by Crippen LogP contribution is 2.30. The second kappa shape index (κ2) is 9.22. The van der Waals surface area contributed by atoms with Crippen LogP contribution in [0.1, 0.15) is 69.5 Å². The van der Waals surface area contributed by atoms with E-state index in [1.807, 2.05) is 0 Å². The predicted octanol–water partition coefficient (Wildman–Crippen LogP) is 4.64. The van der Waals surface area contributed by atoms with E-state index in [-0.39, 0.29) is 0 Å². The number of fused-ring (bicyclic) bond motifs is 1. The highest BCUT2D eigenvalue weighted by molar-refractivity contribution is 5.32. The van der Waals surface area contributed by atoms with Gasteiger partial charge in [0, 0.05) is 6.61 Å². The predicted molar refractivity (Wildman–Crippen MR) is 89.7 cm³/mol. The van der Waals surface area contributed by atoms with Crippen LogP contribution in [0.25, 0.3) is 0 Å². The molecule has 0 saturated heterocycles. The molecule has 2 rings (SSSR count). The van der Waals surface area contributed by atoms with Gasteiger partial charge in [-0.2, -0.15) is 0 Å². The van der Waals surface area contributed by atoms with Crippen molar-refractivity contribution >= 4 is 0 Å². The lowest BCUT2D eigenvalue weighted by atomic mass is 9.97. The molecule has 2 unspecified atom stereocenters. The Kier molecular flexibility index (Phi) is 7.25. The molecule has 0 aromatic heterocycles. The Labute approximate surface area is 130 Å². The molecule has 1 aliphatic rings. The Morgan fingerprint density at radius 3 is 2.81 bits per heavy atom. The van der Waals surface area contributed by atoms with E-state index in [1.165, 1.54) is 56.1 Å². The van der Waals surface area contributed by atoms with Crippen molar-refractivity contribution in [3.63, 3.8) is 0 Å². The minimum absolute atomic E-state index is 0.329. The molecule has 0 aliphatic heterocycles. The smallest absolute Gasteiger partial charge is 0.0769 e. The SMILES string of the molecule is CCCCCCOC1CCCc2ccccc2C1NCC. The molecule has 2 atom stereocenters. The Morgan fingerprint density at radius 2 is 2.00 bits per heavy atom. The van der Waals surface area contributed by atoms with Crippen molar-refractivity contribution < 1.29 is 4.74 Å². The lowest BCUT2D eigenvalue weighted by molar-refractivity contribution is 0.0192. The summed E-state index contributed by atoms with van der Waals surface area (Å²) in [5.41, 5.74) is 2.95. The number of benzene rings is 1. The van der Waals surface area contributed by atoms with E-state index in [0.717, 1.165) is 13.2 Å². The number of aryl methyl sites for hydroxylation is 1. The molecule has 1 N–H and O–H groups in total. The molecule has 118 valence electrons. The summed E-state index contributed by atoms with van der Waals surface area (Å²) in [6.45, 7) is 6.35. The first-order chi connectivity index (χ1) is 10.4. The first kappa shape index (κ1) is 16.5. The number of nitrogens with one attached hydrogen (secondary N) is 1. The molecule has 21 heavy (non-hydrogen) atoms. The van der Waals surface area contributed by atoms with E-state index >= 15 is 0 Å². The third-order valence-corrected chi connectivity index (χ3v) is 4.45. The maximum atomic E-state index is 6.27. The lowest BCUT2D eigenvalue weighted by Gasteiger charge is -2.27. The zero-order valence-corrected chi connectivity index (χ0v) is 13.7. The van der Waals surface area contributed by atoms with Gasteiger partial charge in [0.25, 0.3) is 0 Å². The second-order valence-electron chi connectivity index (χ2n) is 6.10. The molecule has 1 aromatic carbocycles. The number of likely N-dealkylation sites (N-methyl/N-ethyl adjacent to an activating group) is 1. The second-order valence-corrected chi connectivity index (χ2v) is 6.10. The Hall–Kier alpha value is -0.860. The number of ether oxygens (including phenoxy) is 1. The molecular formula is C19H31NO. The van der Waals surface area contributed by atoms with Crippen molar-refractivity contribution in [1.82, 2.24) is 5.32 Å². The van der Waals surface area contributed by atoms with Gasteiger partial charge in [-0.1, -0.05) is 57.4 Å². The van der Waals surface area contributed by atoms with Gasteiger partial charge in [0.2, 0.25) is 0 Å². The molecule has 0 amide bonds. The number of unbranched alkanes of at least 4 members (excludes halogenated alkanes) is 3. The zero-order chi connectivity index (χ0) is 14.9. The quantitative estimate of drug-likeness (QED) is 0.556. The molecule has 0 radical (unpaired) electrons. The highest BCUT2D eigenvalue weighted by atomic mass is 16.5. The normalized spacial score (nSPS) is 21.8. The molecule has 2 nitrogen and oxygen atoms in total. The summed E-state index contributed by atoms with van der Waals surface area (Å²) in [4.78, 5) is 0. The van der Waals surface area contributed by atoms with Crippen LogP contribution in [0.2, 0.25) is 0 Å². The topological polar surface area (TPSA) is 21.3 Å². The fourth-order valence-corrected chi connectivity index (χ4v) is 3.33. The van der Waals surface area contributed by atoms with Gasteiger partial charge in [-0.25, -0.2) is 0 Å². The Morgan fingerprint density at radius 1 is 1.14 bits per heavy atom. The van der Waals surface area contributed by atoms with E-state index in [4.69, 9.17) is 4.74 Å². The largest absolute Gasteiger partial charge is 0.376 e. The van der Waals surface area contributed by atoms with Gasteiger partial charge in [0.1, 0.15) is 0 Å². The summed E-state index contributed by atoms with van der Waals surface area (Å²) < 4.78 is 6.27. The zero-order valence-electron chi connectivity index (χ0n) is 13.7. The molecular weight excluding hydrogens is 258 g/mol. The highest BCUT2D eigenvalue weighted by Gasteiger charge is 2.27. The van der Waals surface area contributed by atoms with Crippen molar-refractivity contribution in [3.8, 4) is 0 Å². The van der Waals surface area contributed by atoms with Gasteiger partial charge in [0.05, 0.1) is 12.1 Å². The monoisotopic (exact) mass is 289 g/mol. The Bertz CT molecular complexity index is 404. The summed E-state index contributed by atoms with van der Waals surface area (Å²) >= 11 is 0. The average Bonchev–Trinajstić information content (AvgIpc) is 2.68. The fourth-order valence-electron chi connectivity index (χ4n) is 3.33. The van der Waals surface area contributed by atoms with Crippen LogP contribution < -0.4 is 5.32 Å². The fraction of sp³-hybridized carbons (Fsp3) is 0.684. The van der Waals surface area contributed by atoms with E-state index in [9.17, 15) is 0 Å². The molecule has 2 heteroatoms. The van der Waals surface area contributed by atoms with Crippen LogP contribution in [0.3, 0.4) is 0 Å². The van der Waals surface area contributed by atoms with E-state index in [0.29, 0.717) is 12.1 Å². The van der Waals surface area contributed by atoms with Crippen LogP contribution in [0.4, 0.5) is 0 Å². The first-order valence-corrected chi connectivity index (χ1v) is 8.79. The van der Waals surface area contributed by atoms with Crippen molar-refractivity contribution in [1.29, 1.82) is 0 Å². The van der Waals surface area contributed by atoms with Crippen LogP contribution in [-0.2, 0) is 11.2 Å². The van der Waals surface area contributed by atoms with Crippen LogP contribution in [-0.4, -0.2) is 19.3 Å².